The van der Waals surface area contributed by atoms with Crippen LogP contribution in [0.4, 0.5) is 0 Å². The van der Waals surface area contributed by atoms with Crippen LogP contribution in [0.2, 0.25) is 0 Å². The summed E-state index contributed by atoms with van der Waals surface area (Å²) < 4.78 is 10.3. The topological polar surface area (TPSA) is 77.0 Å². The maximum Gasteiger partial charge on any atom is 0.337 e. The molecule has 0 saturated heterocycles. The smallest absolute Gasteiger partial charge is 0.337 e. The van der Waals surface area contributed by atoms with E-state index in [-0.39, 0.29) is 12.5 Å². The predicted molar refractivity (Wildman–Crippen MR) is 111 cm³/mol. The normalized spacial score (nSPS) is 10.5. The van der Waals surface area contributed by atoms with Crippen molar-refractivity contribution in [3.8, 4) is 16.9 Å². The molecule has 1 amide bonds. The Kier molecular flexibility index (Phi) is 6.73. The van der Waals surface area contributed by atoms with Crippen LogP contribution in [0.15, 0.2) is 84.0 Å². The second kappa shape index (κ2) is 9.85. The van der Waals surface area contributed by atoms with E-state index in [1.54, 1.807) is 24.3 Å². The van der Waals surface area contributed by atoms with Crippen molar-refractivity contribution in [2.75, 3.05) is 13.7 Å². The molecular formula is C23H20N2O4. The molecule has 6 nitrogen and oxygen atoms in total. The Morgan fingerprint density at radius 2 is 1.62 bits per heavy atom. The molecule has 1 N–H and O–H groups in total. The first kappa shape index (κ1) is 19.8. The van der Waals surface area contributed by atoms with Crippen LogP contribution in [-0.4, -0.2) is 31.8 Å². The van der Waals surface area contributed by atoms with Gasteiger partial charge in [-0.1, -0.05) is 60.7 Å². The van der Waals surface area contributed by atoms with E-state index in [2.05, 4.69) is 15.3 Å². The van der Waals surface area contributed by atoms with Crippen LogP contribution in [0, 0.1) is 0 Å². The fourth-order valence-electron chi connectivity index (χ4n) is 2.63. The van der Waals surface area contributed by atoms with Gasteiger partial charge in [0, 0.05) is 5.56 Å². The number of benzene rings is 3. The maximum absolute atomic E-state index is 12.0. The minimum atomic E-state index is -0.408. The summed E-state index contributed by atoms with van der Waals surface area (Å²) >= 11 is 0. The second-order valence-corrected chi connectivity index (χ2v) is 6.06. The van der Waals surface area contributed by atoms with Gasteiger partial charge in [-0.15, -0.1) is 0 Å². The number of rotatable bonds is 7. The molecule has 3 rings (SSSR count). The number of hydrogen-bond acceptors (Lipinski definition) is 5. The lowest BCUT2D eigenvalue weighted by molar-refractivity contribution is -0.123. The zero-order valence-corrected chi connectivity index (χ0v) is 15.9. The average molecular weight is 388 g/mol. The van der Waals surface area contributed by atoms with E-state index >= 15 is 0 Å². The van der Waals surface area contributed by atoms with Gasteiger partial charge in [-0.3, -0.25) is 4.79 Å². The van der Waals surface area contributed by atoms with Gasteiger partial charge in [0.15, 0.2) is 6.61 Å². The van der Waals surface area contributed by atoms with Gasteiger partial charge in [-0.25, -0.2) is 10.2 Å². The van der Waals surface area contributed by atoms with Crippen molar-refractivity contribution in [1.29, 1.82) is 0 Å². The van der Waals surface area contributed by atoms with Crippen LogP contribution in [0.3, 0.4) is 0 Å². The molecule has 146 valence electrons. The number of para-hydroxylation sites is 1. The van der Waals surface area contributed by atoms with E-state index < -0.39 is 5.97 Å². The van der Waals surface area contributed by atoms with E-state index in [4.69, 9.17) is 4.74 Å². The molecule has 3 aromatic rings. The SMILES string of the molecule is COC(=O)c1ccc(/C=N/NC(=O)COc2ccccc2-c2ccccc2)cc1. The maximum atomic E-state index is 12.0. The molecule has 0 spiro atoms. The lowest BCUT2D eigenvalue weighted by atomic mass is 10.1. The summed E-state index contributed by atoms with van der Waals surface area (Å²) in [6.45, 7) is -0.164. The molecule has 6 heteroatoms. The zero-order chi connectivity index (χ0) is 20.5. The Bertz CT molecular complexity index is 999. The first-order valence-electron chi connectivity index (χ1n) is 8.95. The van der Waals surface area contributed by atoms with E-state index in [1.807, 2.05) is 54.6 Å². The summed E-state index contributed by atoms with van der Waals surface area (Å²) in [4.78, 5) is 23.4. The average Bonchev–Trinajstić information content (AvgIpc) is 2.78. The zero-order valence-electron chi connectivity index (χ0n) is 15.9. The van der Waals surface area contributed by atoms with Crippen molar-refractivity contribution in [2.24, 2.45) is 5.10 Å². The Balaban J connectivity index is 1.54. The van der Waals surface area contributed by atoms with Gasteiger partial charge >= 0.3 is 5.97 Å². The van der Waals surface area contributed by atoms with Crippen molar-refractivity contribution < 1.29 is 19.1 Å². The number of nitrogens with zero attached hydrogens (tertiary/aromatic N) is 1. The van der Waals surface area contributed by atoms with Crippen LogP contribution >= 0.6 is 0 Å². The fourth-order valence-corrected chi connectivity index (χ4v) is 2.63. The second-order valence-electron chi connectivity index (χ2n) is 6.06. The van der Waals surface area contributed by atoms with E-state index in [1.165, 1.54) is 13.3 Å². The van der Waals surface area contributed by atoms with Gasteiger partial charge in [-0.2, -0.15) is 5.10 Å². The highest BCUT2D eigenvalue weighted by Gasteiger charge is 2.08. The van der Waals surface area contributed by atoms with Crippen LogP contribution < -0.4 is 10.2 Å². The van der Waals surface area contributed by atoms with Crippen molar-refractivity contribution in [1.82, 2.24) is 5.43 Å². The summed E-state index contributed by atoms with van der Waals surface area (Å²) in [5, 5.41) is 3.91. The Morgan fingerprint density at radius 3 is 2.34 bits per heavy atom. The summed E-state index contributed by atoms with van der Waals surface area (Å²) in [6, 6.07) is 24.0. The standard InChI is InChI=1S/C23H20N2O4/c1-28-23(27)19-13-11-17(12-14-19)15-24-25-22(26)16-29-21-10-6-5-9-20(21)18-7-3-2-4-8-18/h2-15H,16H2,1H3,(H,25,26)/b24-15+. The first-order chi connectivity index (χ1) is 14.2. The monoisotopic (exact) mass is 388 g/mol. The fraction of sp³-hybridized carbons (Fsp3) is 0.0870. The Labute approximate surface area is 168 Å². The van der Waals surface area contributed by atoms with Crippen LogP contribution in [0.5, 0.6) is 5.75 Å². The quantitative estimate of drug-likeness (QED) is 0.381. The summed E-state index contributed by atoms with van der Waals surface area (Å²) in [6.07, 6.45) is 1.48. The molecule has 0 saturated carbocycles. The molecule has 0 aromatic heterocycles. The number of carbonyl (C=O) groups excluding carboxylic acids is 2. The highest BCUT2D eigenvalue weighted by molar-refractivity contribution is 5.90. The van der Waals surface area contributed by atoms with E-state index in [0.29, 0.717) is 11.3 Å². The van der Waals surface area contributed by atoms with E-state index in [0.717, 1.165) is 16.7 Å². The number of amides is 1. The Morgan fingerprint density at radius 1 is 0.931 bits per heavy atom. The van der Waals surface area contributed by atoms with Crippen molar-refractivity contribution in [3.05, 3.63) is 90.0 Å². The third-order valence-corrected chi connectivity index (χ3v) is 4.07. The highest BCUT2D eigenvalue weighted by atomic mass is 16.5. The number of hydrazone groups is 1. The third kappa shape index (κ3) is 5.52. The molecule has 0 radical (unpaired) electrons. The molecule has 3 aromatic carbocycles. The molecular weight excluding hydrogens is 368 g/mol. The number of hydrogen-bond donors (Lipinski definition) is 1. The summed E-state index contributed by atoms with van der Waals surface area (Å²) in [7, 11) is 1.33. The molecule has 0 unspecified atom stereocenters. The number of esters is 1. The van der Waals surface area contributed by atoms with Crippen LogP contribution in [0.25, 0.3) is 11.1 Å². The van der Waals surface area contributed by atoms with Gasteiger partial charge in [0.1, 0.15) is 5.75 Å². The van der Waals surface area contributed by atoms with Crippen LogP contribution in [-0.2, 0) is 9.53 Å². The molecule has 0 heterocycles. The molecule has 0 bridgehead atoms. The predicted octanol–water partition coefficient (Wildman–Crippen LogP) is 3.67. The molecule has 0 fully saturated rings. The molecule has 0 aliphatic carbocycles. The first-order valence-corrected chi connectivity index (χ1v) is 8.95. The van der Waals surface area contributed by atoms with Gasteiger partial charge < -0.3 is 9.47 Å². The number of methoxy groups -OCH3 is 1. The van der Waals surface area contributed by atoms with Gasteiger partial charge in [0.2, 0.25) is 0 Å². The molecule has 0 aliphatic rings. The number of ether oxygens (including phenoxy) is 2. The molecule has 29 heavy (non-hydrogen) atoms. The van der Waals surface area contributed by atoms with Crippen molar-refractivity contribution >= 4 is 18.1 Å². The number of carbonyl (C=O) groups is 2. The largest absolute Gasteiger partial charge is 0.483 e. The van der Waals surface area contributed by atoms with Crippen LogP contribution in [0.1, 0.15) is 15.9 Å². The van der Waals surface area contributed by atoms with Gasteiger partial charge in [-0.05, 0) is 29.3 Å². The van der Waals surface area contributed by atoms with Crippen molar-refractivity contribution in [2.45, 2.75) is 0 Å². The molecule has 0 aliphatic heterocycles. The van der Waals surface area contributed by atoms with Crippen molar-refractivity contribution in [3.63, 3.8) is 0 Å². The summed E-state index contributed by atoms with van der Waals surface area (Å²) in [5.74, 6) is -0.166. The lowest BCUT2D eigenvalue weighted by Gasteiger charge is -2.10. The van der Waals surface area contributed by atoms with Gasteiger partial charge in [0.05, 0.1) is 18.9 Å². The van der Waals surface area contributed by atoms with Gasteiger partial charge in [0.25, 0.3) is 5.91 Å². The highest BCUT2D eigenvalue weighted by Crippen LogP contribution is 2.29. The Hall–Kier alpha value is -3.93. The minimum Gasteiger partial charge on any atom is -0.483 e. The molecule has 0 atom stereocenters. The summed E-state index contributed by atoms with van der Waals surface area (Å²) in [5.41, 5.74) is 5.52. The lowest BCUT2D eigenvalue weighted by Crippen LogP contribution is -2.24. The minimum absolute atomic E-state index is 0.164. The number of nitrogens with one attached hydrogen (secondary N) is 1. The third-order valence-electron chi connectivity index (χ3n) is 4.07. The van der Waals surface area contributed by atoms with E-state index in [9.17, 15) is 9.59 Å².